The topological polar surface area (TPSA) is 56.2 Å². The third kappa shape index (κ3) is 6.65. The fourth-order valence-corrected chi connectivity index (χ4v) is 4.89. The summed E-state index contributed by atoms with van der Waals surface area (Å²) in [5, 5.41) is 9.30. The highest BCUT2D eigenvalue weighted by molar-refractivity contribution is 7.09. The van der Waals surface area contributed by atoms with E-state index in [0.29, 0.717) is 12.1 Å². The van der Waals surface area contributed by atoms with Gasteiger partial charge in [0.15, 0.2) is 0 Å². The molecular weight excluding hydrogens is 407 g/mol. The zero-order chi connectivity index (χ0) is 20.9. The molecule has 1 N–H and O–H groups in total. The molecule has 3 fully saturated rings. The molecule has 0 unspecified atom stereocenters. The van der Waals surface area contributed by atoms with E-state index in [-0.39, 0.29) is 0 Å². The number of ether oxygens (including phenoxy) is 1. The van der Waals surface area contributed by atoms with Gasteiger partial charge in [0, 0.05) is 50.2 Å². The lowest BCUT2D eigenvalue weighted by Gasteiger charge is -2.37. The molecule has 2 atom stereocenters. The molecule has 10 heteroatoms. The molecule has 3 aliphatic heterocycles. The van der Waals surface area contributed by atoms with Crippen molar-refractivity contribution in [2.75, 3.05) is 52.4 Å². The zero-order valence-corrected chi connectivity index (χ0v) is 17.1. The molecule has 0 aliphatic carbocycles. The number of hydrogen-bond acceptors (Lipinski definition) is 6. The summed E-state index contributed by atoms with van der Waals surface area (Å²) in [7, 11) is 0. The minimum atomic E-state index is -5.08. The molecule has 29 heavy (non-hydrogen) atoms. The summed E-state index contributed by atoms with van der Waals surface area (Å²) in [4.78, 5) is 18.3. The summed E-state index contributed by atoms with van der Waals surface area (Å²) < 4.78 is 37.8. The molecule has 164 valence electrons. The van der Waals surface area contributed by atoms with Crippen LogP contribution in [-0.4, -0.2) is 96.5 Å². The fraction of sp³-hybridized carbons (Fsp3) is 0.737. The summed E-state index contributed by atoms with van der Waals surface area (Å²) in [6, 6.07) is 5.01. The van der Waals surface area contributed by atoms with E-state index in [2.05, 4.69) is 32.2 Å². The highest BCUT2D eigenvalue weighted by Crippen LogP contribution is 2.25. The third-order valence-corrected chi connectivity index (χ3v) is 6.46. The smallest absolute Gasteiger partial charge is 0.475 e. The molecule has 4 rings (SSSR count). The van der Waals surface area contributed by atoms with Crippen molar-refractivity contribution in [3.63, 3.8) is 0 Å². The molecule has 0 radical (unpaired) electrons. The van der Waals surface area contributed by atoms with Gasteiger partial charge in [0.2, 0.25) is 0 Å². The van der Waals surface area contributed by atoms with E-state index in [4.69, 9.17) is 14.6 Å². The van der Waals surface area contributed by atoms with Gasteiger partial charge >= 0.3 is 12.1 Å². The predicted octanol–water partition coefficient (Wildman–Crippen LogP) is 2.36. The highest BCUT2D eigenvalue weighted by Gasteiger charge is 2.40. The first-order valence-electron chi connectivity index (χ1n) is 9.96. The summed E-state index contributed by atoms with van der Waals surface area (Å²) in [6.07, 6.45) is -1.87. The van der Waals surface area contributed by atoms with Gasteiger partial charge in [-0.25, -0.2) is 4.79 Å². The normalized spacial score (nSPS) is 26.2. The third-order valence-electron chi connectivity index (χ3n) is 5.60. The van der Waals surface area contributed by atoms with Crippen molar-refractivity contribution in [3.8, 4) is 0 Å². The number of thiophene rings is 1. The highest BCUT2D eigenvalue weighted by atomic mass is 32.1. The molecule has 3 saturated heterocycles. The van der Waals surface area contributed by atoms with Gasteiger partial charge in [0.1, 0.15) is 0 Å². The second-order valence-corrected chi connectivity index (χ2v) is 8.67. The quantitative estimate of drug-likeness (QED) is 0.767. The van der Waals surface area contributed by atoms with E-state index in [1.807, 2.05) is 11.3 Å². The van der Waals surface area contributed by atoms with E-state index in [1.165, 1.54) is 50.4 Å². The number of aliphatic carboxylic acids is 1. The number of nitrogens with zero attached hydrogens (tertiary/aromatic N) is 3. The number of carboxylic acid groups (broad SMARTS) is 1. The van der Waals surface area contributed by atoms with Crippen LogP contribution in [0.3, 0.4) is 0 Å². The lowest BCUT2D eigenvalue weighted by atomic mass is 10.1. The van der Waals surface area contributed by atoms with Crippen LogP contribution in [0.25, 0.3) is 0 Å². The number of likely N-dealkylation sites (tertiary alicyclic amines) is 2. The Bertz CT molecular complexity index is 638. The van der Waals surface area contributed by atoms with Crippen LogP contribution in [0.2, 0.25) is 0 Å². The van der Waals surface area contributed by atoms with Gasteiger partial charge in [0.25, 0.3) is 0 Å². The second kappa shape index (κ2) is 10.2. The SMILES string of the molecule is O=C(O)C(F)(F)F.c1csc(CN2C[C@@H]3OCCN(CCN4CCCC4)[C@@H]3C2)c1. The molecule has 0 amide bonds. The fourth-order valence-electron chi connectivity index (χ4n) is 4.14. The van der Waals surface area contributed by atoms with Gasteiger partial charge in [-0.1, -0.05) is 6.07 Å². The minimum absolute atomic E-state index is 0.423. The number of carboxylic acids is 1. The lowest BCUT2D eigenvalue weighted by Crippen LogP contribution is -2.52. The average molecular weight is 436 g/mol. The largest absolute Gasteiger partial charge is 0.490 e. The first-order chi connectivity index (χ1) is 13.8. The number of hydrogen-bond donors (Lipinski definition) is 1. The molecule has 0 aromatic carbocycles. The Morgan fingerprint density at radius 3 is 2.52 bits per heavy atom. The van der Waals surface area contributed by atoms with Gasteiger partial charge < -0.3 is 14.7 Å². The first kappa shape index (κ1) is 22.5. The van der Waals surface area contributed by atoms with Gasteiger partial charge in [-0.15, -0.1) is 11.3 Å². The van der Waals surface area contributed by atoms with Crippen molar-refractivity contribution >= 4 is 17.3 Å². The molecule has 0 spiro atoms. The van der Waals surface area contributed by atoms with Crippen LogP contribution in [0.1, 0.15) is 17.7 Å². The van der Waals surface area contributed by atoms with Crippen LogP contribution in [-0.2, 0) is 16.1 Å². The monoisotopic (exact) mass is 435 g/mol. The van der Waals surface area contributed by atoms with Crippen molar-refractivity contribution in [1.82, 2.24) is 14.7 Å². The van der Waals surface area contributed by atoms with Gasteiger partial charge in [0.05, 0.1) is 12.7 Å². The number of carbonyl (C=O) groups is 1. The van der Waals surface area contributed by atoms with Crippen LogP contribution in [0, 0.1) is 0 Å². The zero-order valence-electron chi connectivity index (χ0n) is 16.3. The van der Waals surface area contributed by atoms with Crippen molar-refractivity contribution in [2.45, 2.75) is 37.7 Å². The molecule has 1 aromatic heterocycles. The number of alkyl halides is 3. The maximum Gasteiger partial charge on any atom is 0.490 e. The van der Waals surface area contributed by atoms with Crippen LogP contribution in [0.4, 0.5) is 13.2 Å². The Hall–Kier alpha value is -1.20. The minimum Gasteiger partial charge on any atom is -0.475 e. The lowest BCUT2D eigenvalue weighted by molar-refractivity contribution is -0.192. The molecule has 1 aromatic rings. The van der Waals surface area contributed by atoms with E-state index in [1.54, 1.807) is 0 Å². The summed E-state index contributed by atoms with van der Waals surface area (Å²) in [5.74, 6) is -2.76. The van der Waals surface area contributed by atoms with Crippen LogP contribution in [0.15, 0.2) is 17.5 Å². The Morgan fingerprint density at radius 1 is 1.17 bits per heavy atom. The number of fused-ring (bicyclic) bond motifs is 1. The van der Waals surface area contributed by atoms with E-state index in [0.717, 1.165) is 26.2 Å². The van der Waals surface area contributed by atoms with Crippen LogP contribution < -0.4 is 0 Å². The molecule has 0 bridgehead atoms. The van der Waals surface area contributed by atoms with E-state index < -0.39 is 12.1 Å². The first-order valence-corrected chi connectivity index (χ1v) is 10.8. The maximum atomic E-state index is 10.6. The predicted molar refractivity (Wildman–Crippen MR) is 104 cm³/mol. The Kier molecular flexibility index (Phi) is 7.92. The molecular formula is C19H28F3N3O3S. The van der Waals surface area contributed by atoms with Crippen LogP contribution >= 0.6 is 11.3 Å². The molecule has 6 nitrogen and oxygen atoms in total. The van der Waals surface area contributed by atoms with Gasteiger partial charge in [-0.3, -0.25) is 9.80 Å². The maximum absolute atomic E-state index is 10.6. The summed E-state index contributed by atoms with van der Waals surface area (Å²) >= 11 is 1.87. The molecule has 3 aliphatic rings. The van der Waals surface area contributed by atoms with Crippen molar-refractivity contribution in [1.29, 1.82) is 0 Å². The number of rotatable bonds is 5. The average Bonchev–Trinajstić information content (AvgIpc) is 3.41. The standard InChI is InChI=1S/C17H27N3OS.C2HF3O2/c1-2-6-18(5-1)7-8-20-9-10-21-17-14-19(13-16(17)20)12-15-4-3-11-22-15;3-2(4,5)1(6)7/h3-4,11,16-17H,1-2,5-10,12-14H2;(H,6,7)/t16-,17+;/m1./s1. The van der Waals surface area contributed by atoms with Crippen molar-refractivity contribution in [3.05, 3.63) is 22.4 Å². The van der Waals surface area contributed by atoms with E-state index >= 15 is 0 Å². The Balaban J connectivity index is 0.000000298. The summed E-state index contributed by atoms with van der Waals surface area (Å²) in [6.45, 7) is 10.5. The van der Waals surface area contributed by atoms with Crippen LogP contribution in [0.5, 0.6) is 0 Å². The Morgan fingerprint density at radius 2 is 1.90 bits per heavy atom. The molecule has 0 saturated carbocycles. The second-order valence-electron chi connectivity index (χ2n) is 7.64. The van der Waals surface area contributed by atoms with Gasteiger partial charge in [-0.2, -0.15) is 13.2 Å². The van der Waals surface area contributed by atoms with Crippen molar-refractivity contribution < 1.29 is 27.8 Å². The molecule has 4 heterocycles. The number of morpholine rings is 1. The summed E-state index contributed by atoms with van der Waals surface area (Å²) in [5.41, 5.74) is 0. The number of halogens is 3. The van der Waals surface area contributed by atoms with Crippen molar-refractivity contribution in [2.24, 2.45) is 0 Å². The van der Waals surface area contributed by atoms with E-state index in [9.17, 15) is 13.2 Å². The van der Waals surface area contributed by atoms with Gasteiger partial charge in [-0.05, 0) is 37.4 Å². The Labute approximate surface area is 172 Å².